The maximum absolute atomic E-state index is 12.1. The number of hydrogen-bond acceptors (Lipinski definition) is 5. The first-order chi connectivity index (χ1) is 10.9. The molecule has 128 valence electrons. The standard InChI is InChI=1S/C15H22N2O6/c1-2-23-14(20)4-3-12(18)16-6-5-11(9-16)17-8-10(15(21)22)7-13(17)19/h10-11H,2-9H2,1H3,(H,21,22). The fourth-order valence-corrected chi connectivity index (χ4v) is 3.07. The van der Waals surface area contributed by atoms with Crippen molar-refractivity contribution in [3.05, 3.63) is 0 Å². The average molecular weight is 326 g/mol. The topological polar surface area (TPSA) is 104 Å². The van der Waals surface area contributed by atoms with E-state index in [9.17, 15) is 19.2 Å². The van der Waals surface area contributed by atoms with Gasteiger partial charge < -0.3 is 19.6 Å². The molecule has 2 fully saturated rings. The van der Waals surface area contributed by atoms with Crippen molar-refractivity contribution in [1.29, 1.82) is 0 Å². The van der Waals surface area contributed by atoms with Gasteiger partial charge in [0.1, 0.15) is 0 Å². The van der Waals surface area contributed by atoms with Crippen LogP contribution in [0.2, 0.25) is 0 Å². The molecule has 8 heteroatoms. The number of esters is 1. The van der Waals surface area contributed by atoms with Crippen LogP contribution in [0.25, 0.3) is 0 Å². The van der Waals surface area contributed by atoms with Gasteiger partial charge in [0, 0.05) is 32.5 Å². The quantitative estimate of drug-likeness (QED) is 0.682. The Labute approximate surface area is 134 Å². The molecule has 2 heterocycles. The summed E-state index contributed by atoms with van der Waals surface area (Å²) in [7, 11) is 0. The number of hydrogen-bond donors (Lipinski definition) is 1. The molecule has 0 spiro atoms. The Balaban J connectivity index is 1.81. The smallest absolute Gasteiger partial charge is 0.308 e. The third kappa shape index (κ3) is 4.20. The van der Waals surface area contributed by atoms with Gasteiger partial charge >= 0.3 is 11.9 Å². The van der Waals surface area contributed by atoms with Gasteiger partial charge in [0.2, 0.25) is 11.8 Å². The zero-order chi connectivity index (χ0) is 17.0. The van der Waals surface area contributed by atoms with Crippen LogP contribution in [0.3, 0.4) is 0 Å². The summed E-state index contributed by atoms with van der Waals surface area (Å²) in [6, 6.07) is -0.126. The molecule has 0 aromatic rings. The van der Waals surface area contributed by atoms with E-state index >= 15 is 0 Å². The summed E-state index contributed by atoms with van der Waals surface area (Å²) < 4.78 is 4.79. The van der Waals surface area contributed by atoms with Crippen LogP contribution in [0.4, 0.5) is 0 Å². The van der Waals surface area contributed by atoms with Gasteiger partial charge in [0.15, 0.2) is 0 Å². The molecular formula is C15H22N2O6. The van der Waals surface area contributed by atoms with Gasteiger partial charge in [-0.25, -0.2) is 0 Å². The molecule has 23 heavy (non-hydrogen) atoms. The van der Waals surface area contributed by atoms with E-state index in [1.54, 1.807) is 16.7 Å². The van der Waals surface area contributed by atoms with Crippen molar-refractivity contribution in [2.45, 2.75) is 38.6 Å². The van der Waals surface area contributed by atoms with E-state index in [4.69, 9.17) is 9.84 Å². The second-order valence-electron chi connectivity index (χ2n) is 5.87. The van der Waals surface area contributed by atoms with Gasteiger partial charge in [-0.2, -0.15) is 0 Å². The van der Waals surface area contributed by atoms with Crippen LogP contribution < -0.4 is 0 Å². The lowest BCUT2D eigenvalue weighted by Gasteiger charge is -2.24. The summed E-state index contributed by atoms with van der Waals surface area (Å²) in [5, 5.41) is 9.01. The molecule has 0 radical (unpaired) electrons. The van der Waals surface area contributed by atoms with Crippen LogP contribution in [0.15, 0.2) is 0 Å². The molecule has 2 saturated heterocycles. The van der Waals surface area contributed by atoms with Gasteiger partial charge in [-0.05, 0) is 13.3 Å². The molecule has 2 aliphatic rings. The number of ether oxygens (including phenoxy) is 1. The van der Waals surface area contributed by atoms with Crippen LogP contribution in [0, 0.1) is 5.92 Å². The van der Waals surface area contributed by atoms with Gasteiger partial charge in [-0.15, -0.1) is 0 Å². The molecule has 0 aromatic heterocycles. The minimum atomic E-state index is -0.957. The number of rotatable bonds is 6. The number of amides is 2. The summed E-state index contributed by atoms with van der Waals surface area (Å²) in [4.78, 5) is 49.5. The third-order valence-corrected chi connectivity index (χ3v) is 4.31. The second-order valence-corrected chi connectivity index (χ2v) is 5.87. The van der Waals surface area contributed by atoms with Crippen molar-refractivity contribution >= 4 is 23.8 Å². The number of likely N-dealkylation sites (tertiary alicyclic amines) is 2. The van der Waals surface area contributed by atoms with E-state index in [2.05, 4.69) is 0 Å². The number of carbonyl (C=O) groups excluding carboxylic acids is 3. The minimum absolute atomic E-state index is 0.0304. The highest BCUT2D eigenvalue weighted by atomic mass is 16.5. The zero-order valence-corrected chi connectivity index (χ0v) is 13.2. The SMILES string of the molecule is CCOC(=O)CCC(=O)N1CCC(N2CC(C(=O)O)CC2=O)C1. The Morgan fingerprint density at radius 2 is 2.00 bits per heavy atom. The number of carboxylic acids is 1. The average Bonchev–Trinajstić information content (AvgIpc) is 3.11. The summed E-state index contributed by atoms with van der Waals surface area (Å²) in [5.41, 5.74) is 0. The number of aliphatic carboxylic acids is 1. The van der Waals surface area contributed by atoms with Gasteiger partial charge in [0.05, 0.1) is 25.0 Å². The minimum Gasteiger partial charge on any atom is -0.481 e. The van der Waals surface area contributed by atoms with Crippen molar-refractivity contribution < 1.29 is 29.0 Å². The van der Waals surface area contributed by atoms with Crippen LogP contribution in [0.1, 0.15) is 32.6 Å². The van der Waals surface area contributed by atoms with E-state index in [1.807, 2.05) is 0 Å². The first-order valence-corrected chi connectivity index (χ1v) is 7.88. The Morgan fingerprint density at radius 1 is 1.26 bits per heavy atom. The molecule has 8 nitrogen and oxygen atoms in total. The second kappa shape index (κ2) is 7.43. The predicted molar refractivity (Wildman–Crippen MR) is 78.3 cm³/mol. The summed E-state index contributed by atoms with van der Waals surface area (Å²) in [6.07, 6.45) is 0.820. The normalized spacial score (nSPS) is 24.1. The molecule has 2 unspecified atom stereocenters. The van der Waals surface area contributed by atoms with E-state index in [0.717, 1.165) is 0 Å². The largest absolute Gasteiger partial charge is 0.481 e. The first kappa shape index (κ1) is 17.2. The molecule has 0 aromatic carbocycles. The predicted octanol–water partition coefficient (Wildman–Crippen LogP) is -0.136. The fourth-order valence-electron chi connectivity index (χ4n) is 3.07. The van der Waals surface area contributed by atoms with E-state index in [0.29, 0.717) is 26.1 Å². The van der Waals surface area contributed by atoms with E-state index < -0.39 is 17.9 Å². The molecular weight excluding hydrogens is 304 g/mol. The maximum atomic E-state index is 12.1. The molecule has 0 bridgehead atoms. The monoisotopic (exact) mass is 326 g/mol. The molecule has 0 aliphatic carbocycles. The van der Waals surface area contributed by atoms with Gasteiger partial charge in [-0.3, -0.25) is 19.2 Å². The number of nitrogens with zero attached hydrogens (tertiary/aromatic N) is 2. The van der Waals surface area contributed by atoms with Crippen molar-refractivity contribution in [3.8, 4) is 0 Å². The van der Waals surface area contributed by atoms with Crippen molar-refractivity contribution in [1.82, 2.24) is 9.80 Å². The molecule has 1 N–H and O–H groups in total. The zero-order valence-electron chi connectivity index (χ0n) is 13.2. The molecule has 2 aliphatic heterocycles. The highest BCUT2D eigenvalue weighted by Gasteiger charge is 2.40. The van der Waals surface area contributed by atoms with Gasteiger partial charge in [-0.1, -0.05) is 0 Å². The summed E-state index contributed by atoms with van der Waals surface area (Å²) in [5.74, 6) is -2.31. The molecule has 2 atom stereocenters. The van der Waals surface area contributed by atoms with E-state index in [-0.39, 0.29) is 43.7 Å². The lowest BCUT2D eigenvalue weighted by molar-refractivity contribution is -0.145. The Bertz CT molecular complexity index is 506. The van der Waals surface area contributed by atoms with Gasteiger partial charge in [0.25, 0.3) is 0 Å². The van der Waals surface area contributed by atoms with Crippen molar-refractivity contribution in [2.24, 2.45) is 5.92 Å². The third-order valence-electron chi connectivity index (χ3n) is 4.31. The fraction of sp³-hybridized carbons (Fsp3) is 0.733. The highest BCUT2D eigenvalue weighted by molar-refractivity contribution is 5.86. The number of carboxylic acid groups (broad SMARTS) is 1. The highest BCUT2D eigenvalue weighted by Crippen LogP contribution is 2.25. The lowest BCUT2D eigenvalue weighted by atomic mass is 10.1. The molecule has 0 saturated carbocycles. The Kier molecular flexibility index (Phi) is 5.57. The van der Waals surface area contributed by atoms with Crippen LogP contribution in [-0.2, 0) is 23.9 Å². The van der Waals surface area contributed by atoms with Crippen LogP contribution in [0.5, 0.6) is 0 Å². The number of carbonyl (C=O) groups is 4. The first-order valence-electron chi connectivity index (χ1n) is 7.88. The van der Waals surface area contributed by atoms with Crippen molar-refractivity contribution in [2.75, 3.05) is 26.2 Å². The van der Waals surface area contributed by atoms with Crippen LogP contribution in [-0.4, -0.2) is 70.9 Å². The summed E-state index contributed by atoms with van der Waals surface area (Å²) >= 11 is 0. The lowest BCUT2D eigenvalue weighted by Crippen LogP contribution is -2.40. The Morgan fingerprint density at radius 3 is 2.61 bits per heavy atom. The molecule has 2 amide bonds. The molecule has 2 rings (SSSR count). The Hall–Kier alpha value is -2.12. The van der Waals surface area contributed by atoms with Crippen LogP contribution >= 0.6 is 0 Å². The summed E-state index contributed by atoms with van der Waals surface area (Å²) in [6.45, 7) is 3.14. The van der Waals surface area contributed by atoms with E-state index in [1.165, 1.54) is 0 Å². The van der Waals surface area contributed by atoms with Crippen molar-refractivity contribution in [3.63, 3.8) is 0 Å². The maximum Gasteiger partial charge on any atom is 0.308 e.